The lowest BCUT2D eigenvalue weighted by Gasteiger charge is -2.09. The van der Waals surface area contributed by atoms with Crippen LogP contribution in [0.1, 0.15) is 34.8 Å². The van der Waals surface area contributed by atoms with Crippen molar-refractivity contribution in [3.63, 3.8) is 0 Å². The van der Waals surface area contributed by atoms with Crippen molar-refractivity contribution in [1.82, 2.24) is 9.78 Å². The minimum atomic E-state index is -0.236. The second kappa shape index (κ2) is 6.13. The number of rotatable bonds is 4. The number of benzene rings is 2. The third-order valence-electron chi connectivity index (χ3n) is 4.08. The van der Waals surface area contributed by atoms with E-state index in [1.165, 1.54) is 0 Å². The maximum atomic E-state index is 12.6. The molecule has 0 bridgehead atoms. The van der Waals surface area contributed by atoms with Gasteiger partial charge in [0.25, 0.3) is 5.91 Å². The van der Waals surface area contributed by atoms with Crippen molar-refractivity contribution in [2.45, 2.75) is 18.8 Å². The molecule has 0 radical (unpaired) electrons. The van der Waals surface area contributed by atoms with Crippen molar-refractivity contribution in [3.05, 3.63) is 76.9 Å². The highest BCUT2D eigenvalue weighted by Gasteiger charge is 2.28. The Morgan fingerprint density at radius 1 is 1.08 bits per heavy atom. The van der Waals surface area contributed by atoms with E-state index in [9.17, 15) is 4.79 Å². The Hall–Kier alpha value is -2.59. The van der Waals surface area contributed by atoms with Gasteiger partial charge < -0.3 is 5.32 Å². The first-order valence-corrected chi connectivity index (χ1v) is 8.31. The number of anilines is 1. The number of hydrogen-bond acceptors (Lipinski definition) is 2. The second-order valence-electron chi connectivity index (χ2n) is 5.91. The Morgan fingerprint density at radius 2 is 1.79 bits per heavy atom. The van der Waals surface area contributed by atoms with Gasteiger partial charge in [0.1, 0.15) is 5.82 Å². The van der Waals surface area contributed by atoms with E-state index in [4.69, 9.17) is 11.6 Å². The minimum absolute atomic E-state index is 0.236. The third kappa shape index (κ3) is 2.93. The first-order valence-electron chi connectivity index (χ1n) is 7.93. The molecule has 0 atom stereocenters. The van der Waals surface area contributed by atoms with Crippen LogP contribution in [0.15, 0.2) is 60.7 Å². The predicted molar refractivity (Wildman–Crippen MR) is 94.9 cm³/mol. The number of amides is 1. The molecule has 24 heavy (non-hydrogen) atoms. The van der Waals surface area contributed by atoms with Gasteiger partial charge in [-0.05, 0) is 37.1 Å². The van der Waals surface area contributed by atoms with Crippen molar-refractivity contribution in [2.24, 2.45) is 0 Å². The minimum Gasteiger partial charge on any atom is -0.306 e. The number of carbonyl (C=O) groups excluding carboxylic acids is 1. The van der Waals surface area contributed by atoms with Crippen LogP contribution in [0.3, 0.4) is 0 Å². The standard InChI is InChI=1S/C19H16ClN3O/c20-16-9-5-4-8-15(16)19(24)21-18-12-17(13-10-11-13)22-23(18)14-6-2-1-3-7-14/h1-9,12-13H,10-11H2,(H,21,24). The van der Waals surface area contributed by atoms with E-state index in [0.717, 1.165) is 24.2 Å². The lowest BCUT2D eigenvalue weighted by molar-refractivity contribution is 0.102. The molecule has 1 amide bonds. The van der Waals surface area contributed by atoms with E-state index in [0.29, 0.717) is 22.3 Å². The maximum Gasteiger partial charge on any atom is 0.258 e. The zero-order chi connectivity index (χ0) is 16.5. The van der Waals surface area contributed by atoms with Crippen LogP contribution in [-0.2, 0) is 0 Å². The van der Waals surface area contributed by atoms with Gasteiger partial charge in [-0.2, -0.15) is 5.10 Å². The van der Waals surface area contributed by atoms with Gasteiger partial charge in [-0.1, -0.05) is 41.9 Å². The fourth-order valence-electron chi connectivity index (χ4n) is 2.66. The Bertz CT molecular complexity index is 885. The molecule has 1 aliphatic rings. The van der Waals surface area contributed by atoms with Gasteiger partial charge in [0.05, 0.1) is 22.0 Å². The Balaban J connectivity index is 1.69. The molecule has 1 saturated carbocycles. The van der Waals surface area contributed by atoms with E-state index in [-0.39, 0.29) is 5.91 Å². The molecular weight excluding hydrogens is 322 g/mol. The van der Waals surface area contributed by atoms with Crippen LogP contribution in [0.2, 0.25) is 5.02 Å². The SMILES string of the molecule is O=C(Nc1cc(C2CC2)nn1-c1ccccc1)c1ccccc1Cl. The quantitative estimate of drug-likeness (QED) is 0.753. The molecule has 1 aliphatic carbocycles. The molecule has 4 rings (SSSR count). The van der Waals surface area contributed by atoms with E-state index >= 15 is 0 Å². The third-order valence-corrected chi connectivity index (χ3v) is 4.41. The summed E-state index contributed by atoms with van der Waals surface area (Å²) in [7, 11) is 0. The molecule has 0 saturated heterocycles. The van der Waals surface area contributed by atoms with Crippen LogP contribution in [0.5, 0.6) is 0 Å². The molecule has 1 aromatic heterocycles. The number of halogens is 1. The summed E-state index contributed by atoms with van der Waals surface area (Å²) in [6.45, 7) is 0. The van der Waals surface area contributed by atoms with Crippen LogP contribution in [0.25, 0.3) is 5.69 Å². The predicted octanol–water partition coefficient (Wildman–Crippen LogP) is 4.66. The Labute approximate surface area is 145 Å². The topological polar surface area (TPSA) is 46.9 Å². The van der Waals surface area contributed by atoms with Crippen molar-refractivity contribution < 1.29 is 4.79 Å². The molecule has 120 valence electrons. The molecule has 0 aliphatic heterocycles. The summed E-state index contributed by atoms with van der Waals surface area (Å²) in [6.07, 6.45) is 2.31. The van der Waals surface area contributed by atoms with E-state index in [1.807, 2.05) is 36.4 Å². The smallest absolute Gasteiger partial charge is 0.258 e. The number of nitrogens with one attached hydrogen (secondary N) is 1. The zero-order valence-corrected chi connectivity index (χ0v) is 13.7. The molecular formula is C19H16ClN3O. The van der Waals surface area contributed by atoms with Gasteiger partial charge in [0.15, 0.2) is 0 Å². The molecule has 2 aromatic carbocycles. The molecule has 1 heterocycles. The lowest BCUT2D eigenvalue weighted by atomic mass is 10.2. The normalized spacial score (nSPS) is 13.7. The van der Waals surface area contributed by atoms with Gasteiger partial charge in [-0.25, -0.2) is 4.68 Å². The highest BCUT2D eigenvalue weighted by atomic mass is 35.5. The molecule has 5 heteroatoms. The number of para-hydroxylation sites is 1. The first kappa shape index (κ1) is 15.0. The molecule has 1 fully saturated rings. The number of aromatic nitrogens is 2. The highest BCUT2D eigenvalue weighted by molar-refractivity contribution is 6.34. The molecule has 0 unspecified atom stereocenters. The summed E-state index contributed by atoms with van der Waals surface area (Å²) in [5, 5.41) is 8.06. The van der Waals surface area contributed by atoms with Crippen LogP contribution in [-0.4, -0.2) is 15.7 Å². The first-order chi connectivity index (χ1) is 11.7. The van der Waals surface area contributed by atoms with Gasteiger partial charge in [0, 0.05) is 12.0 Å². The van der Waals surface area contributed by atoms with Crippen LogP contribution < -0.4 is 5.32 Å². The van der Waals surface area contributed by atoms with Crippen molar-refractivity contribution in [1.29, 1.82) is 0 Å². The highest BCUT2D eigenvalue weighted by Crippen LogP contribution is 2.40. The maximum absolute atomic E-state index is 12.6. The Kier molecular flexibility index (Phi) is 3.82. The number of nitrogens with zero attached hydrogens (tertiary/aromatic N) is 2. The van der Waals surface area contributed by atoms with E-state index in [1.54, 1.807) is 28.9 Å². The van der Waals surface area contributed by atoms with Crippen LogP contribution in [0.4, 0.5) is 5.82 Å². The largest absolute Gasteiger partial charge is 0.306 e. The van der Waals surface area contributed by atoms with Crippen LogP contribution >= 0.6 is 11.6 Å². The second-order valence-corrected chi connectivity index (χ2v) is 6.32. The fraction of sp³-hybridized carbons (Fsp3) is 0.158. The van der Waals surface area contributed by atoms with Crippen molar-refractivity contribution in [2.75, 3.05) is 5.32 Å². The summed E-state index contributed by atoms with van der Waals surface area (Å²) < 4.78 is 1.78. The van der Waals surface area contributed by atoms with E-state index < -0.39 is 0 Å². The van der Waals surface area contributed by atoms with Gasteiger partial charge in [0.2, 0.25) is 0 Å². The van der Waals surface area contributed by atoms with Crippen molar-refractivity contribution >= 4 is 23.3 Å². The molecule has 3 aromatic rings. The Morgan fingerprint density at radius 3 is 2.50 bits per heavy atom. The summed E-state index contributed by atoms with van der Waals surface area (Å²) in [5.74, 6) is 0.930. The summed E-state index contributed by atoms with van der Waals surface area (Å²) in [6, 6.07) is 18.8. The average Bonchev–Trinajstić information content (AvgIpc) is 3.37. The molecule has 4 nitrogen and oxygen atoms in total. The zero-order valence-electron chi connectivity index (χ0n) is 12.9. The van der Waals surface area contributed by atoms with Gasteiger partial charge in [-0.15, -0.1) is 0 Å². The average molecular weight is 338 g/mol. The van der Waals surface area contributed by atoms with Crippen LogP contribution in [0, 0.1) is 0 Å². The summed E-state index contributed by atoms with van der Waals surface area (Å²) >= 11 is 6.12. The number of hydrogen-bond donors (Lipinski definition) is 1. The van der Waals surface area contributed by atoms with E-state index in [2.05, 4.69) is 10.4 Å². The van der Waals surface area contributed by atoms with Gasteiger partial charge >= 0.3 is 0 Å². The summed E-state index contributed by atoms with van der Waals surface area (Å²) in [5.41, 5.74) is 2.39. The molecule has 0 spiro atoms. The lowest BCUT2D eigenvalue weighted by Crippen LogP contribution is -2.15. The molecule has 1 N–H and O–H groups in total. The fourth-order valence-corrected chi connectivity index (χ4v) is 2.88. The monoisotopic (exact) mass is 337 g/mol. The number of carbonyl (C=O) groups is 1. The van der Waals surface area contributed by atoms with Crippen molar-refractivity contribution in [3.8, 4) is 5.69 Å². The summed E-state index contributed by atoms with van der Waals surface area (Å²) in [4.78, 5) is 12.6. The van der Waals surface area contributed by atoms with Gasteiger partial charge in [-0.3, -0.25) is 4.79 Å².